The zero-order valence-corrected chi connectivity index (χ0v) is 10.5. The van der Waals surface area contributed by atoms with Gasteiger partial charge in [-0.3, -0.25) is 0 Å². The highest BCUT2D eigenvalue weighted by molar-refractivity contribution is 7.14. The number of thiazole rings is 1. The molecule has 0 aliphatic rings. The van der Waals surface area contributed by atoms with E-state index >= 15 is 0 Å². The van der Waals surface area contributed by atoms with Crippen LogP contribution in [0.4, 0.5) is 0 Å². The maximum absolute atomic E-state index is 5.42. The molecule has 2 aromatic rings. The van der Waals surface area contributed by atoms with Crippen molar-refractivity contribution in [1.82, 2.24) is 15.3 Å². The molecule has 0 amide bonds. The van der Waals surface area contributed by atoms with Gasteiger partial charge in [-0.25, -0.2) is 9.97 Å². The molecule has 0 bridgehead atoms. The van der Waals surface area contributed by atoms with Crippen LogP contribution in [0.3, 0.4) is 0 Å². The van der Waals surface area contributed by atoms with Crippen molar-refractivity contribution in [1.29, 1.82) is 0 Å². The third-order valence-corrected chi connectivity index (χ3v) is 2.98. The molecule has 0 fully saturated rings. The summed E-state index contributed by atoms with van der Waals surface area (Å²) in [5.41, 5.74) is 0.926. The summed E-state index contributed by atoms with van der Waals surface area (Å²) in [6.45, 7) is 6.92. The highest BCUT2D eigenvalue weighted by Crippen LogP contribution is 2.24. The number of rotatable bonds is 4. The molecule has 0 aliphatic heterocycles. The number of oxazole rings is 1. The van der Waals surface area contributed by atoms with Crippen molar-refractivity contribution < 1.29 is 4.42 Å². The fraction of sp³-hybridized carbons (Fsp3) is 0.455. The van der Waals surface area contributed by atoms with E-state index in [1.807, 2.05) is 6.92 Å². The number of nitrogens with zero attached hydrogens (tertiary/aromatic N) is 2. The normalized spacial score (nSPS) is 11.2. The standard InChI is InChI=1S/C11H15N3OS/c1-7(2)12-4-9-6-15-11(14-9)10-5-13-8(3)16-10/h5-7,12H,4H2,1-3H3. The zero-order chi connectivity index (χ0) is 11.5. The van der Waals surface area contributed by atoms with E-state index in [9.17, 15) is 0 Å². The molecule has 0 saturated carbocycles. The van der Waals surface area contributed by atoms with Gasteiger partial charge in [-0.15, -0.1) is 11.3 Å². The van der Waals surface area contributed by atoms with Gasteiger partial charge in [0.15, 0.2) is 0 Å². The number of hydrogen-bond donors (Lipinski definition) is 1. The second kappa shape index (κ2) is 4.76. The molecule has 2 aromatic heterocycles. The molecule has 0 radical (unpaired) electrons. The van der Waals surface area contributed by atoms with Gasteiger partial charge >= 0.3 is 0 Å². The van der Waals surface area contributed by atoms with E-state index in [0.717, 1.165) is 22.1 Å². The number of nitrogens with one attached hydrogen (secondary N) is 1. The molecule has 2 heterocycles. The van der Waals surface area contributed by atoms with Crippen molar-refractivity contribution >= 4 is 11.3 Å². The van der Waals surface area contributed by atoms with Gasteiger partial charge in [-0.1, -0.05) is 13.8 Å². The Kier molecular flexibility index (Phi) is 3.36. The summed E-state index contributed by atoms with van der Waals surface area (Å²) in [6.07, 6.45) is 3.49. The highest BCUT2D eigenvalue weighted by Gasteiger charge is 2.09. The van der Waals surface area contributed by atoms with Crippen LogP contribution in [0.5, 0.6) is 0 Å². The van der Waals surface area contributed by atoms with Gasteiger partial charge in [0, 0.05) is 12.6 Å². The van der Waals surface area contributed by atoms with Gasteiger partial charge < -0.3 is 9.73 Å². The van der Waals surface area contributed by atoms with Crippen molar-refractivity contribution in [2.75, 3.05) is 0 Å². The first kappa shape index (κ1) is 11.3. The zero-order valence-electron chi connectivity index (χ0n) is 9.65. The first-order valence-corrected chi connectivity index (χ1v) is 6.07. The van der Waals surface area contributed by atoms with Crippen LogP contribution in [-0.2, 0) is 6.54 Å². The van der Waals surface area contributed by atoms with Gasteiger partial charge in [-0.2, -0.15) is 0 Å². The second-order valence-corrected chi connectivity index (χ2v) is 5.16. The molecule has 86 valence electrons. The predicted molar refractivity (Wildman–Crippen MR) is 64.3 cm³/mol. The van der Waals surface area contributed by atoms with Crippen LogP contribution in [0.1, 0.15) is 24.5 Å². The summed E-state index contributed by atoms with van der Waals surface area (Å²) in [4.78, 5) is 9.57. The van der Waals surface area contributed by atoms with E-state index in [4.69, 9.17) is 4.42 Å². The Morgan fingerprint density at radius 3 is 2.94 bits per heavy atom. The molecule has 0 aliphatic carbocycles. The molecule has 16 heavy (non-hydrogen) atoms. The largest absolute Gasteiger partial charge is 0.443 e. The molecule has 0 aromatic carbocycles. The van der Waals surface area contributed by atoms with Crippen LogP contribution < -0.4 is 5.32 Å². The average molecular weight is 237 g/mol. The fourth-order valence-corrected chi connectivity index (χ4v) is 1.98. The molecule has 0 unspecified atom stereocenters. The first-order chi connectivity index (χ1) is 7.65. The van der Waals surface area contributed by atoms with Crippen LogP contribution in [0, 0.1) is 6.92 Å². The van der Waals surface area contributed by atoms with E-state index in [-0.39, 0.29) is 0 Å². The SMILES string of the molecule is Cc1ncc(-c2nc(CNC(C)C)co2)s1. The van der Waals surface area contributed by atoms with Crippen LogP contribution >= 0.6 is 11.3 Å². The van der Waals surface area contributed by atoms with Crippen LogP contribution in [0.2, 0.25) is 0 Å². The number of aryl methyl sites for hydroxylation is 1. The van der Waals surface area contributed by atoms with Gasteiger partial charge in [0.2, 0.25) is 5.89 Å². The Morgan fingerprint density at radius 1 is 1.50 bits per heavy atom. The van der Waals surface area contributed by atoms with E-state index in [0.29, 0.717) is 11.9 Å². The maximum Gasteiger partial charge on any atom is 0.238 e. The molecule has 0 atom stereocenters. The predicted octanol–water partition coefficient (Wildman–Crippen LogP) is 2.60. The number of aromatic nitrogens is 2. The van der Waals surface area contributed by atoms with Crippen molar-refractivity contribution in [2.45, 2.75) is 33.4 Å². The third kappa shape index (κ3) is 2.68. The quantitative estimate of drug-likeness (QED) is 0.888. The van der Waals surface area contributed by atoms with E-state index in [2.05, 4.69) is 29.1 Å². The molecule has 2 rings (SSSR count). The molecular formula is C11H15N3OS. The monoisotopic (exact) mass is 237 g/mol. The second-order valence-electron chi connectivity index (χ2n) is 3.92. The lowest BCUT2D eigenvalue weighted by Crippen LogP contribution is -2.21. The van der Waals surface area contributed by atoms with Gasteiger partial charge in [-0.05, 0) is 6.92 Å². The molecule has 5 heteroatoms. The third-order valence-electron chi connectivity index (χ3n) is 2.08. The molecule has 0 saturated heterocycles. The maximum atomic E-state index is 5.42. The van der Waals surface area contributed by atoms with E-state index in [1.165, 1.54) is 0 Å². The topological polar surface area (TPSA) is 51.0 Å². The minimum atomic E-state index is 0.450. The van der Waals surface area contributed by atoms with Crippen molar-refractivity contribution in [2.24, 2.45) is 0 Å². The molecule has 1 N–H and O–H groups in total. The Morgan fingerprint density at radius 2 is 2.31 bits per heavy atom. The van der Waals surface area contributed by atoms with Crippen LogP contribution in [0.25, 0.3) is 10.8 Å². The molecule has 0 spiro atoms. The van der Waals surface area contributed by atoms with Crippen molar-refractivity contribution in [3.8, 4) is 10.8 Å². The molecule has 4 nitrogen and oxygen atoms in total. The highest BCUT2D eigenvalue weighted by atomic mass is 32.1. The van der Waals surface area contributed by atoms with Gasteiger partial charge in [0.05, 0.1) is 16.9 Å². The first-order valence-electron chi connectivity index (χ1n) is 5.25. The van der Waals surface area contributed by atoms with E-state index in [1.54, 1.807) is 23.8 Å². The fourth-order valence-electron chi connectivity index (χ4n) is 1.27. The summed E-state index contributed by atoms with van der Waals surface area (Å²) in [6, 6.07) is 0.450. The summed E-state index contributed by atoms with van der Waals surface area (Å²) in [5, 5.41) is 4.32. The van der Waals surface area contributed by atoms with Gasteiger partial charge in [0.1, 0.15) is 11.1 Å². The lowest BCUT2D eigenvalue weighted by atomic mass is 10.4. The van der Waals surface area contributed by atoms with Crippen LogP contribution in [-0.4, -0.2) is 16.0 Å². The Hall–Kier alpha value is -1.20. The lowest BCUT2D eigenvalue weighted by molar-refractivity contribution is 0.560. The Balaban J connectivity index is 2.07. The van der Waals surface area contributed by atoms with Crippen molar-refractivity contribution in [3.63, 3.8) is 0 Å². The average Bonchev–Trinajstić information content (AvgIpc) is 2.83. The summed E-state index contributed by atoms with van der Waals surface area (Å²) in [5.74, 6) is 0.658. The lowest BCUT2D eigenvalue weighted by Gasteiger charge is -2.03. The minimum absolute atomic E-state index is 0.450. The summed E-state index contributed by atoms with van der Waals surface area (Å²) in [7, 11) is 0. The number of hydrogen-bond acceptors (Lipinski definition) is 5. The van der Waals surface area contributed by atoms with Crippen molar-refractivity contribution in [3.05, 3.63) is 23.2 Å². The Labute approximate surface area is 98.7 Å². The van der Waals surface area contributed by atoms with Crippen LogP contribution in [0.15, 0.2) is 16.9 Å². The van der Waals surface area contributed by atoms with E-state index < -0.39 is 0 Å². The van der Waals surface area contributed by atoms with Gasteiger partial charge in [0.25, 0.3) is 0 Å². The minimum Gasteiger partial charge on any atom is -0.443 e. The molecular weight excluding hydrogens is 222 g/mol. The smallest absolute Gasteiger partial charge is 0.238 e. The summed E-state index contributed by atoms with van der Waals surface area (Å²) < 4.78 is 5.42. The summed E-state index contributed by atoms with van der Waals surface area (Å²) >= 11 is 1.59. The Bertz CT molecular complexity index is 461.